The summed E-state index contributed by atoms with van der Waals surface area (Å²) >= 11 is 0. The predicted octanol–water partition coefficient (Wildman–Crippen LogP) is 2.81. The number of aliphatic imine (C=N–C) groups is 1. The molecule has 102 valence electrons. The Balaban J connectivity index is 2.74. The fourth-order valence-electron chi connectivity index (χ4n) is 2.12. The van der Waals surface area contributed by atoms with Crippen molar-refractivity contribution in [3.63, 3.8) is 0 Å². The first-order valence-corrected chi connectivity index (χ1v) is 6.90. The minimum Gasteiger partial charge on any atom is -0.359 e. The maximum atomic E-state index is 4.61. The molecule has 0 amide bonds. The van der Waals surface area contributed by atoms with E-state index in [1.807, 2.05) is 13.2 Å². The van der Waals surface area contributed by atoms with Crippen molar-refractivity contribution in [1.29, 1.82) is 0 Å². The molecule has 1 aliphatic heterocycles. The minimum atomic E-state index is 0.505. The molecule has 0 bridgehead atoms. The van der Waals surface area contributed by atoms with Crippen LogP contribution in [0.5, 0.6) is 0 Å². The second-order valence-electron chi connectivity index (χ2n) is 5.20. The normalized spacial score (nSPS) is 17.2. The van der Waals surface area contributed by atoms with Crippen molar-refractivity contribution >= 4 is 5.84 Å². The summed E-state index contributed by atoms with van der Waals surface area (Å²) in [7, 11) is 2.04. The lowest BCUT2D eigenvalue weighted by Gasteiger charge is -2.30. The Labute approximate surface area is 112 Å². The van der Waals surface area contributed by atoms with E-state index in [4.69, 9.17) is 0 Å². The summed E-state index contributed by atoms with van der Waals surface area (Å²) in [5, 5.41) is 3.40. The molecule has 1 atom stereocenters. The highest BCUT2D eigenvalue weighted by Crippen LogP contribution is 2.10. The summed E-state index contributed by atoms with van der Waals surface area (Å²) in [6.45, 7) is 10.8. The molecular weight excluding hydrogens is 222 g/mol. The zero-order valence-corrected chi connectivity index (χ0v) is 12.4. The van der Waals surface area contributed by atoms with Crippen LogP contribution < -0.4 is 5.32 Å². The first kappa shape index (κ1) is 15.0. The lowest BCUT2D eigenvalue weighted by Crippen LogP contribution is -2.45. The van der Waals surface area contributed by atoms with Crippen LogP contribution in [-0.2, 0) is 0 Å². The van der Waals surface area contributed by atoms with Crippen molar-refractivity contribution in [3.8, 4) is 0 Å². The molecule has 0 fully saturated rings. The van der Waals surface area contributed by atoms with Crippen molar-refractivity contribution in [2.45, 2.75) is 40.2 Å². The first-order valence-electron chi connectivity index (χ1n) is 6.90. The Morgan fingerprint density at radius 2 is 2.17 bits per heavy atom. The summed E-state index contributed by atoms with van der Waals surface area (Å²) in [4.78, 5) is 6.99. The molecule has 1 rings (SSSR count). The quantitative estimate of drug-likeness (QED) is 0.811. The lowest BCUT2D eigenvalue weighted by molar-refractivity contribution is 0.317. The average molecular weight is 249 g/mol. The van der Waals surface area contributed by atoms with Gasteiger partial charge in [0.15, 0.2) is 0 Å². The molecule has 1 N–H and O–H groups in total. The molecule has 0 radical (unpaired) electrons. The van der Waals surface area contributed by atoms with Gasteiger partial charge in [0.1, 0.15) is 5.84 Å². The largest absolute Gasteiger partial charge is 0.359 e. The van der Waals surface area contributed by atoms with Crippen LogP contribution in [0.1, 0.15) is 34.1 Å². The number of nitrogens with zero attached hydrogens (tertiary/aromatic N) is 2. The number of rotatable bonds is 5. The lowest BCUT2D eigenvalue weighted by atomic mass is 10.0. The summed E-state index contributed by atoms with van der Waals surface area (Å²) in [5.74, 6) is 1.80. The second-order valence-corrected chi connectivity index (χ2v) is 5.20. The molecule has 1 heterocycles. The first-order chi connectivity index (χ1) is 8.58. The molecule has 3 heteroatoms. The third-order valence-corrected chi connectivity index (χ3v) is 3.44. The fourth-order valence-corrected chi connectivity index (χ4v) is 2.12. The van der Waals surface area contributed by atoms with Gasteiger partial charge in [0.05, 0.1) is 0 Å². The van der Waals surface area contributed by atoms with E-state index in [-0.39, 0.29) is 0 Å². The Morgan fingerprint density at radius 1 is 1.44 bits per heavy atom. The monoisotopic (exact) mass is 249 g/mol. The van der Waals surface area contributed by atoms with E-state index in [1.54, 1.807) is 0 Å². The molecule has 0 aliphatic carbocycles. The predicted molar refractivity (Wildman–Crippen MR) is 79.9 cm³/mol. The van der Waals surface area contributed by atoms with Crippen molar-refractivity contribution in [2.24, 2.45) is 10.9 Å². The van der Waals surface area contributed by atoms with Crippen LogP contribution in [0.25, 0.3) is 0 Å². The van der Waals surface area contributed by atoms with Crippen molar-refractivity contribution in [3.05, 3.63) is 23.9 Å². The van der Waals surface area contributed by atoms with Gasteiger partial charge >= 0.3 is 0 Å². The summed E-state index contributed by atoms with van der Waals surface area (Å²) in [6.07, 6.45) is 7.23. The van der Waals surface area contributed by atoms with Gasteiger partial charge in [-0.05, 0) is 32.4 Å². The highest BCUT2D eigenvalue weighted by atomic mass is 15.2. The highest BCUT2D eigenvalue weighted by molar-refractivity contribution is 5.84. The number of amidine groups is 1. The SMILES string of the molecule is CCN(CC(NC)C(C)C)C1=NC=C(C)C=CC1. The van der Waals surface area contributed by atoms with Gasteiger partial charge in [0.25, 0.3) is 0 Å². The van der Waals surface area contributed by atoms with Crippen LogP contribution in [0, 0.1) is 5.92 Å². The van der Waals surface area contributed by atoms with Gasteiger partial charge in [-0.2, -0.15) is 0 Å². The van der Waals surface area contributed by atoms with Crippen LogP contribution >= 0.6 is 0 Å². The molecule has 0 spiro atoms. The zero-order chi connectivity index (χ0) is 13.5. The smallest absolute Gasteiger partial charge is 0.108 e. The second kappa shape index (κ2) is 7.37. The topological polar surface area (TPSA) is 27.6 Å². The third kappa shape index (κ3) is 4.30. The standard InChI is InChI=1S/C15H27N3/c1-6-18(11-14(16-5)12(2)3)15-9-7-8-13(4)10-17-15/h7-8,10,12,14,16H,6,9,11H2,1-5H3. The Bertz CT molecular complexity index is 340. The van der Waals surface area contributed by atoms with Gasteiger partial charge in [-0.1, -0.05) is 26.0 Å². The maximum Gasteiger partial charge on any atom is 0.108 e. The molecule has 18 heavy (non-hydrogen) atoms. The molecule has 0 aromatic rings. The maximum absolute atomic E-state index is 4.61. The molecule has 0 aromatic heterocycles. The van der Waals surface area contributed by atoms with Gasteiger partial charge in [-0.3, -0.25) is 0 Å². The van der Waals surface area contributed by atoms with Crippen molar-refractivity contribution in [1.82, 2.24) is 10.2 Å². The Hall–Kier alpha value is -1.09. The Kier molecular flexibility index (Phi) is 6.13. The van der Waals surface area contributed by atoms with Gasteiger partial charge in [-0.25, -0.2) is 4.99 Å². The summed E-state index contributed by atoms with van der Waals surface area (Å²) in [5.41, 5.74) is 1.22. The summed E-state index contributed by atoms with van der Waals surface area (Å²) in [6, 6.07) is 0.505. The van der Waals surface area contributed by atoms with Crippen LogP contribution in [-0.4, -0.2) is 36.9 Å². The van der Waals surface area contributed by atoms with E-state index in [2.05, 4.69) is 55.1 Å². The average Bonchev–Trinajstić information content (AvgIpc) is 2.55. The van der Waals surface area contributed by atoms with Crippen LogP contribution in [0.2, 0.25) is 0 Å². The van der Waals surface area contributed by atoms with Crippen LogP contribution in [0.3, 0.4) is 0 Å². The van der Waals surface area contributed by atoms with E-state index in [1.165, 1.54) is 11.4 Å². The van der Waals surface area contributed by atoms with E-state index < -0.39 is 0 Å². The number of hydrogen-bond acceptors (Lipinski definition) is 3. The van der Waals surface area contributed by atoms with Crippen LogP contribution in [0.15, 0.2) is 28.9 Å². The van der Waals surface area contributed by atoms with E-state index in [0.29, 0.717) is 12.0 Å². The van der Waals surface area contributed by atoms with Gasteiger partial charge in [-0.15, -0.1) is 0 Å². The molecule has 3 nitrogen and oxygen atoms in total. The molecule has 1 unspecified atom stereocenters. The van der Waals surface area contributed by atoms with Gasteiger partial charge in [0, 0.05) is 31.8 Å². The number of allylic oxidation sites excluding steroid dienone is 2. The van der Waals surface area contributed by atoms with Crippen molar-refractivity contribution < 1.29 is 0 Å². The molecular formula is C15H27N3. The molecule has 1 aliphatic rings. The molecule has 0 saturated heterocycles. The van der Waals surface area contributed by atoms with Gasteiger partial charge < -0.3 is 10.2 Å². The van der Waals surface area contributed by atoms with E-state index in [9.17, 15) is 0 Å². The highest BCUT2D eigenvalue weighted by Gasteiger charge is 2.17. The molecule has 0 aromatic carbocycles. The van der Waals surface area contributed by atoms with Crippen LogP contribution in [0.4, 0.5) is 0 Å². The van der Waals surface area contributed by atoms with E-state index in [0.717, 1.165) is 19.5 Å². The number of hydrogen-bond donors (Lipinski definition) is 1. The Morgan fingerprint density at radius 3 is 2.72 bits per heavy atom. The number of nitrogens with one attached hydrogen (secondary N) is 1. The van der Waals surface area contributed by atoms with E-state index >= 15 is 0 Å². The third-order valence-electron chi connectivity index (χ3n) is 3.44. The zero-order valence-electron chi connectivity index (χ0n) is 12.4. The molecule has 0 saturated carbocycles. The minimum absolute atomic E-state index is 0.505. The van der Waals surface area contributed by atoms with Gasteiger partial charge in [0.2, 0.25) is 0 Å². The summed E-state index contributed by atoms with van der Waals surface area (Å²) < 4.78 is 0. The number of likely N-dealkylation sites (N-methyl/N-ethyl adjacent to an activating group) is 2. The fraction of sp³-hybridized carbons (Fsp3) is 0.667. The van der Waals surface area contributed by atoms with Crippen molar-refractivity contribution in [2.75, 3.05) is 20.1 Å².